The minimum Gasteiger partial charge on any atom is -0.411 e. The van der Waals surface area contributed by atoms with Gasteiger partial charge >= 0.3 is 0 Å². The second-order valence-corrected chi connectivity index (χ2v) is 7.77. The van der Waals surface area contributed by atoms with E-state index in [2.05, 4.69) is 15.4 Å². The summed E-state index contributed by atoms with van der Waals surface area (Å²) in [5, 5.41) is 30.8. The first-order valence-electron chi connectivity index (χ1n) is 9.43. The Labute approximate surface area is 192 Å². The van der Waals surface area contributed by atoms with Crippen molar-refractivity contribution in [3.63, 3.8) is 0 Å². The molecule has 7 nitrogen and oxygen atoms in total. The predicted octanol–water partition coefficient (Wildman–Crippen LogP) is 5.37. The molecule has 0 amide bonds. The highest BCUT2D eigenvalue weighted by molar-refractivity contribution is 6.37. The minimum atomic E-state index is -0.374. The fourth-order valence-corrected chi connectivity index (χ4v) is 4.00. The molecule has 0 saturated carbocycles. The fraction of sp³-hybridized carbons (Fsp3) is 0.0435. The summed E-state index contributed by atoms with van der Waals surface area (Å²) in [7, 11) is 0. The lowest BCUT2D eigenvalue weighted by atomic mass is 9.98. The van der Waals surface area contributed by atoms with Gasteiger partial charge in [0.05, 0.1) is 33.1 Å². The fourth-order valence-electron chi connectivity index (χ4n) is 3.44. The summed E-state index contributed by atoms with van der Waals surface area (Å²) < 4.78 is 1.18. The van der Waals surface area contributed by atoms with Crippen molar-refractivity contribution in [3.05, 3.63) is 92.2 Å². The van der Waals surface area contributed by atoms with E-state index in [4.69, 9.17) is 28.4 Å². The summed E-state index contributed by atoms with van der Waals surface area (Å²) in [6.45, 7) is 1.63. The second kappa shape index (κ2) is 8.82. The molecule has 0 bridgehead atoms. The highest BCUT2D eigenvalue weighted by Crippen LogP contribution is 2.31. The van der Waals surface area contributed by atoms with Crippen LogP contribution in [0.3, 0.4) is 0 Å². The highest BCUT2D eigenvalue weighted by atomic mass is 35.5. The van der Waals surface area contributed by atoms with E-state index in [0.29, 0.717) is 38.9 Å². The number of rotatable bonds is 4. The standard InChI is InChI=1S/C23H16Cl2N4O3/c1-13(28-32)15-9-14(12-26-31)10-16(11-15)21-17-5-2-3-6-18(17)23(30)29(27-21)22-19(24)7-4-8-20(22)25/h2-12,31-32H,1H3/b26-12?,28-13+. The molecule has 1 heterocycles. The zero-order valence-corrected chi connectivity index (χ0v) is 18.2. The average molecular weight is 467 g/mol. The van der Waals surface area contributed by atoms with Crippen molar-refractivity contribution in [2.24, 2.45) is 10.3 Å². The lowest BCUT2D eigenvalue weighted by molar-refractivity contribution is 0.319. The number of para-hydroxylation sites is 1. The van der Waals surface area contributed by atoms with Crippen LogP contribution in [-0.4, -0.2) is 32.1 Å². The maximum Gasteiger partial charge on any atom is 0.279 e. The van der Waals surface area contributed by atoms with Crippen molar-refractivity contribution < 1.29 is 10.4 Å². The maximum absolute atomic E-state index is 13.3. The Bertz CT molecular complexity index is 1440. The summed E-state index contributed by atoms with van der Waals surface area (Å²) >= 11 is 12.7. The zero-order valence-electron chi connectivity index (χ0n) is 16.7. The topological polar surface area (TPSA) is 100 Å². The van der Waals surface area contributed by atoms with Gasteiger partial charge in [-0.2, -0.15) is 9.78 Å². The molecule has 0 aliphatic heterocycles. The van der Waals surface area contributed by atoms with Crippen molar-refractivity contribution >= 4 is 45.9 Å². The van der Waals surface area contributed by atoms with E-state index in [1.54, 1.807) is 67.6 Å². The number of nitrogens with zero attached hydrogens (tertiary/aromatic N) is 4. The van der Waals surface area contributed by atoms with E-state index in [-0.39, 0.29) is 21.3 Å². The third-order valence-corrected chi connectivity index (χ3v) is 5.57. The molecule has 0 unspecified atom stereocenters. The van der Waals surface area contributed by atoms with Crippen LogP contribution >= 0.6 is 23.2 Å². The second-order valence-electron chi connectivity index (χ2n) is 6.96. The van der Waals surface area contributed by atoms with Gasteiger partial charge in [0, 0.05) is 16.5 Å². The molecule has 0 aliphatic carbocycles. The van der Waals surface area contributed by atoms with Gasteiger partial charge in [0.15, 0.2) is 0 Å². The summed E-state index contributed by atoms with van der Waals surface area (Å²) in [5.41, 5.74) is 2.45. The van der Waals surface area contributed by atoms with Crippen molar-refractivity contribution in [3.8, 4) is 16.9 Å². The first-order valence-corrected chi connectivity index (χ1v) is 10.2. The van der Waals surface area contributed by atoms with Crippen LogP contribution < -0.4 is 5.56 Å². The van der Waals surface area contributed by atoms with Crippen LogP contribution in [0.25, 0.3) is 27.7 Å². The first-order chi connectivity index (χ1) is 15.4. The summed E-state index contributed by atoms with van der Waals surface area (Å²) in [5.74, 6) is 0. The Kier molecular flexibility index (Phi) is 5.94. The predicted molar refractivity (Wildman–Crippen MR) is 126 cm³/mol. The Hall–Kier alpha value is -3.68. The van der Waals surface area contributed by atoms with E-state index in [9.17, 15) is 10.0 Å². The van der Waals surface area contributed by atoms with Crippen LogP contribution in [-0.2, 0) is 0 Å². The maximum atomic E-state index is 13.3. The molecule has 160 valence electrons. The van der Waals surface area contributed by atoms with E-state index < -0.39 is 0 Å². The van der Waals surface area contributed by atoms with Gasteiger partial charge in [-0.1, -0.05) is 57.8 Å². The molecule has 32 heavy (non-hydrogen) atoms. The van der Waals surface area contributed by atoms with Crippen LogP contribution in [0.5, 0.6) is 0 Å². The summed E-state index contributed by atoms with van der Waals surface area (Å²) in [6.07, 6.45) is 1.25. The van der Waals surface area contributed by atoms with Crippen molar-refractivity contribution in [1.82, 2.24) is 9.78 Å². The van der Waals surface area contributed by atoms with E-state index in [0.717, 1.165) is 0 Å². The number of halogens is 2. The lowest BCUT2D eigenvalue weighted by Gasteiger charge is -2.14. The number of hydrogen-bond acceptors (Lipinski definition) is 6. The van der Waals surface area contributed by atoms with Gasteiger partial charge in [-0.3, -0.25) is 4.79 Å². The average Bonchev–Trinajstić information content (AvgIpc) is 2.80. The van der Waals surface area contributed by atoms with Gasteiger partial charge in [0.1, 0.15) is 5.69 Å². The van der Waals surface area contributed by atoms with Crippen LogP contribution in [0.15, 0.2) is 75.8 Å². The minimum absolute atomic E-state index is 0.272. The summed E-state index contributed by atoms with van der Waals surface area (Å²) in [4.78, 5) is 13.3. The van der Waals surface area contributed by atoms with Gasteiger partial charge < -0.3 is 10.4 Å². The monoisotopic (exact) mass is 466 g/mol. The van der Waals surface area contributed by atoms with Gasteiger partial charge in [-0.15, -0.1) is 0 Å². The molecule has 4 rings (SSSR count). The van der Waals surface area contributed by atoms with Crippen molar-refractivity contribution in [2.45, 2.75) is 6.92 Å². The van der Waals surface area contributed by atoms with Crippen molar-refractivity contribution in [2.75, 3.05) is 0 Å². The van der Waals surface area contributed by atoms with Crippen LogP contribution in [0.2, 0.25) is 10.0 Å². The molecule has 4 aromatic rings. The molecule has 3 aromatic carbocycles. The number of oxime groups is 2. The molecular formula is C23H16Cl2N4O3. The lowest BCUT2D eigenvalue weighted by Crippen LogP contribution is -2.23. The number of aromatic nitrogens is 2. The molecule has 0 spiro atoms. The molecule has 2 N–H and O–H groups in total. The molecule has 0 aliphatic rings. The van der Waals surface area contributed by atoms with Crippen LogP contribution in [0.4, 0.5) is 0 Å². The third kappa shape index (κ3) is 3.84. The van der Waals surface area contributed by atoms with Crippen LogP contribution in [0.1, 0.15) is 18.1 Å². The van der Waals surface area contributed by atoms with E-state index in [1.807, 2.05) is 0 Å². The molecule has 0 fully saturated rings. The molecule has 1 aromatic heterocycles. The van der Waals surface area contributed by atoms with E-state index in [1.165, 1.54) is 10.9 Å². The van der Waals surface area contributed by atoms with Crippen LogP contribution in [0, 0.1) is 0 Å². The van der Waals surface area contributed by atoms with Gasteiger partial charge in [-0.05, 0) is 48.9 Å². The SMILES string of the molecule is C/C(=N\O)c1cc(C=NO)cc(-c2nn(-c3c(Cl)cccc3Cl)c(=O)c3ccccc23)c1. The Morgan fingerprint density at radius 1 is 1.00 bits per heavy atom. The largest absolute Gasteiger partial charge is 0.411 e. The molecular weight excluding hydrogens is 451 g/mol. The zero-order chi connectivity index (χ0) is 22.8. The number of benzene rings is 3. The molecule has 0 radical (unpaired) electrons. The molecule has 9 heteroatoms. The smallest absolute Gasteiger partial charge is 0.279 e. The van der Waals surface area contributed by atoms with Crippen molar-refractivity contribution in [1.29, 1.82) is 0 Å². The number of hydrogen-bond donors (Lipinski definition) is 2. The molecule has 0 saturated heterocycles. The highest BCUT2D eigenvalue weighted by Gasteiger charge is 2.18. The molecule has 0 atom stereocenters. The number of fused-ring (bicyclic) bond motifs is 1. The Morgan fingerprint density at radius 3 is 2.34 bits per heavy atom. The van der Waals surface area contributed by atoms with Gasteiger partial charge in [-0.25, -0.2) is 0 Å². The van der Waals surface area contributed by atoms with Gasteiger partial charge in [0.25, 0.3) is 5.56 Å². The van der Waals surface area contributed by atoms with E-state index >= 15 is 0 Å². The first kappa shape index (κ1) is 21.5. The Balaban J connectivity index is 2.12. The normalized spacial score (nSPS) is 12.0. The van der Waals surface area contributed by atoms with Gasteiger partial charge in [0.2, 0.25) is 0 Å². The summed E-state index contributed by atoms with van der Waals surface area (Å²) in [6, 6.07) is 17.2. The quantitative estimate of drug-likeness (QED) is 0.240. The third-order valence-electron chi connectivity index (χ3n) is 4.96. The Morgan fingerprint density at radius 2 is 1.69 bits per heavy atom.